The maximum absolute atomic E-state index is 10.6. The Morgan fingerprint density at radius 3 is 2.70 bits per heavy atom. The van der Waals surface area contributed by atoms with Gasteiger partial charge in [0.15, 0.2) is 0 Å². The van der Waals surface area contributed by atoms with Gasteiger partial charge in [-0.3, -0.25) is 4.98 Å². The Labute approximate surface area is 129 Å². The number of rotatable bonds is 4. The molecule has 2 rings (SSSR count). The molecule has 0 aliphatic heterocycles. The first kappa shape index (κ1) is 15.5. The molecule has 0 saturated heterocycles. The molecule has 0 amide bonds. The normalized spacial score (nSPS) is 27.8. The van der Waals surface area contributed by atoms with Gasteiger partial charge >= 0.3 is 0 Å². The molecule has 1 unspecified atom stereocenters. The van der Waals surface area contributed by atoms with Crippen LogP contribution in [0, 0.1) is 22.7 Å². The fraction of sp³-hybridized carbons (Fsp3) is 0.625. The number of hydrogen-bond acceptors (Lipinski definition) is 3. The van der Waals surface area contributed by atoms with Gasteiger partial charge in [-0.2, -0.15) is 5.26 Å². The largest absolute Gasteiger partial charge is 0.385 e. The number of aliphatic hydroxyl groups is 1. The van der Waals surface area contributed by atoms with E-state index in [1.165, 1.54) is 12.8 Å². The Balaban J connectivity index is 2.12. The molecule has 1 aliphatic carbocycles. The average molecular weight is 337 g/mol. The van der Waals surface area contributed by atoms with E-state index in [0.29, 0.717) is 11.6 Å². The first-order valence-corrected chi connectivity index (χ1v) is 8.11. The number of pyridine rings is 1. The van der Waals surface area contributed by atoms with Crippen LogP contribution in [-0.2, 0) is 0 Å². The fourth-order valence-corrected chi connectivity index (χ4v) is 3.40. The molecule has 108 valence electrons. The number of aromatic nitrogens is 1. The molecule has 0 spiro atoms. The second-order valence-electron chi connectivity index (χ2n) is 5.80. The standard InChI is InChI=1S/C16H21BrN2O/c1-2-3-12-6-8-16(11-18,9-7-12)15(20)14-5-4-13(17)10-19-14/h4-5,10,12,15,20H,2-3,6-9H2,1H3. The van der Waals surface area contributed by atoms with Crippen molar-refractivity contribution in [3.05, 3.63) is 28.5 Å². The number of aliphatic hydroxyl groups excluding tert-OH is 1. The minimum absolute atomic E-state index is 0.601. The van der Waals surface area contributed by atoms with Crippen molar-refractivity contribution in [2.24, 2.45) is 11.3 Å². The third-order valence-corrected chi connectivity index (χ3v) is 4.94. The van der Waals surface area contributed by atoms with E-state index in [1.807, 2.05) is 6.07 Å². The van der Waals surface area contributed by atoms with Gasteiger partial charge in [0.2, 0.25) is 0 Å². The Morgan fingerprint density at radius 1 is 1.50 bits per heavy atom. The van der Waals surface area contributed by atoms with Crippen molar-refractivity contribution in [2.75, 3.05) is 0 Å². The van der Waals surface area contributed by atoms with Crippen molar-refractivity contribution in [2.45, 2.75) is 51.6 Å². The first-order valence-electron chi connectivity index (χ1n) is 7.32. The molecule has 0 aromatic carbocycles. The summed E-state index contributed by atoms with van der Waals surface area (Å²) in [6.07, 6.45) is 6.93. The van der Waals surface area contributed by atoms with Crippen molar-refractivity contribution in [1.82, 2.24) is 4.98 Å². The highest BCUT2D eigenvalue weighted by Crippen LogP contribution is 2.47. The highest BCUT2D eigenvalue weighted by molar-refractivity contribution is 9.10. The van der Waals surface area contributed by atoms with Crippen LogP contribution in [-0.4, -0.2) is 10.1 Å². The van der Waals surface area contributed by atoms with Gasteiger partial charge in [0.05, 0.1) is 17.2 Å². The molecule has 0 bridgehead atoms. The smallest absolute Gasteiger partial charge is 0.114 e. The van der Waals surface area contributed by atoms with E-state index in [0.717, 1.165) is 30.2 Å². The summed E-state index contributed by atoms with van der Waals surface area (Å²) in [7, 11) is 0. The lowest BCUT2D eigenvalue weighted by molar-refractivity contribution is 0.0207. The fourth-order valence-electron chi connectivity index (χ4n) is 3.17. The van der Waals surface area contributed by atoms with E-state index in [-0.39, 0.29) is 0 Å². The van der Waals surface area contributed by atoms with Crippen molar-refractivity contribution >= 4 is 15.9 Å². The Kier molecular flexibility index (Phi) is 5.17. The number of hydrogen-bond donors (Lipinski definition) is 1. The summed E-state index contributed by atoms with van der Waals surface area (Å²) in [5.74, 6) is 0.714. The average Bonchev–Trinajstić information content (AvgIpc) is 2.49. The van der Waals surface area contributed by atoms with Crippen molar-refractivity contribution in [3.63, 3.8) is 0 Å². The van der Waals surface area contributed by atoms with Gasteiger partial charge in [0.25, 0.3) is 0 Å². The second-order valence-corrected chi connectivity index (χ2v) is 6.72. The topological polar surface area (TPSA) is 56.9 Å². The van der Waals surface area contributed by atoms with Crippen LogP contribution in [0.2, 0.25) is 0 Å². The molecule has 1 atom stereocenters. The monoisotopic (exact) mass is 336 g/mol. The number of halogens is 1. The quantitative estimate of drug-likeness (QED) is 0.887. The summed E-state index contributed by atoms with van der Waals surface area (Å²) in [4.78, 5) is 4.25. The van der Waals surface area contributed by atoms with E-state index in [2.05, 4.69) is 33.9 Å². The lowest BCUT2D eigenvalue weighted by atomic mass is 9.66. The molecule has 1 saturated carbocycles. The molecule has 1 fully saturated rings. The third kappa shape index (κ3) is 3.21. The zero-order valence-electron chi connectivity index (χ0n) is 11.8. The van der Waals surface area contributed by atoms with Crippen LogP contribution >= 0.6 is 15.9 Å². The van der Waals surface area contributed by atoms with Gasteiger partial charge in [0, 0.05) is 10.7 Å². The minimum atomic E-state index is -0.789. The number of nitrogens with zero attached hydrogens (tertiary/aromatic N) is 2. The predicted octanol–water partition coefficient (Wildman–Crippen LogP) is 4.38. The van der Waals surface area contributed by atoms with E-state index >= 15 is 0 Å². The molecule has 1 heterocycles. The summed E-state index contributed by atoms with van der Waals surface area (Å²) in [6.45, 7) is 2.20. The molecule has 1 N–H and O–H groups in total. The van der Waals surface area contributed by atoms with Gasteiger partial charge < -0.3 is 5.11 Å². The van der Waals surface area contributed by atoms with Crippen LogP contribution in [0.25, 0.3) is 0 Å². The minimum Gasteiger partial charge on any atom is -0.385 e. The molecule has 3 nitrogen and oxygen atoms in total. The summed E-state index contributed by atoms with van der Waals surface area (Å²) >= 11 is 3.34. The van der Waals surface area contributed by atoms with Crippen molar-refractivity contribution in [3.8, 4) is 6.07 Å². The zero-order valence-corrected chi connectivity index (χ0v) is 13.4. The van der Waals surface area contributed by atoms with Gasteiger partial charge in [-0.05, 0) is 59.7 Å². The predicted molar refractivity (Wildman–Crippen MR) is 81.8 cm³/mol. The first-order chi connectivity index (χ1) is 9.61. The second kappa shape index (κ2) is 6.69. The van der Waals surface area contributed by atoms with Crippen molar-refractivity contribution < 1.29 is 5.11 Å². The molecular formula is C16H21BrN2O. The molecule has 1 aromatic rings. The lowest BCUT2D eigenvalue weighted by Gasteiger charge is -2.38. The summed E-state index contributed by atoms with van der Waals surface area (Å²) < 4.78 is 0.881. The van der Waals surface area contributed by atoms with E-state index < -0.39 is 11.5 Å². The molecule has 1 aliphatic rings. The third-order valence-electron chi connectivity index (χ3n) is 4.47. The van der Waals surface area contributed by atoms with Crippen LogP contribution < -0.4 is 0 Å². The van der Waals surface area contributed by atoms with Crippen LogP contribution in [0.15, 0.2) is 22.8 Å². The van der Waals surface area contributed by atoms with E-state index in [4.69, 9.17) is 0 Å². The van der Waals surface area contributed by atoms with E-state index in [1.54, 1.807) is 12.3 Å². The lowest BCUT2D eigenvalue weighted by Crippen LogP contribution is -2.33. The van der Waals surface area contributed by atoms with Gasteiger partial charge in [-0.15, -0.1) is 0 Å². The molecule has 1 aromatic heterocycles. The Morgan fingerprint density at radius 2 is 2.20 bits per heavy atom. The van der Waals surface area contributed by atoms with Crippen LogP contribution in [0.3, 0.4) is 0 Å². The van der Waals surface area contributed by atoms with Crippen LogP contribution in [0.1, 0.15) is 57.2 Å². The molecule has 20 heavy (non-hydrogen) atoms. The molecule has 4 heteroatoms. The highest BCUT2D eigenvalue weighted by atomic mass is 79.9. The van der Waals surface area contributed by atoms with Crippen LogP contribution in [0.5, 0.6) is 0 Å². The van der Waals surface area contributed by atoms with Gasteiger partial charge in [-0.1, -0.05) is 19.8 Å². The molecule has 0 radical (unpaired) electrons. The van der Waals surface area contributed by atoms with E-state index in [9.17, 15) is 10.4 Å². The Bertz CT molecular complexity index is 472. The molecular weight excluding hydrogens is 316 g/mol. The maximum atomic E-state index is 10.6. The Hall–Kier alpha value is -0.920. The van der Waals surface area contributed by atoms with Gasteiger partial charge in [-0.25, -0.2) is 0 Å². The number of nitriles is 1. The van der Waals surface area contributed by atoms with Crippen LogP contribution in [0.4, 0.5) is 0 Å². The highest BCUT2D eigenvalue weighted by Gasteiger charge is 2.42. The summed E-state index contributed by atoms with van der Waals surface area (Å²) in [5.41, 5.74) is -0.0610. The summed E-state index contributed by atoms with van der Waals surface area (Å²) in [5, 5.41) is 20.2. The zero-order chi connectivity index (χ0) is 14.6. The summed E-state index contributed by atoms with van der Waals surface area (Å²) in [6, 6.07) is 6.05. The SMILES string of the molecule is CCCC1CCC(C#N)(C(O)c2ccc(Br)cn2)CC1. The maximum Gasteiger partial charge on any atom is 0.114 e. The van der Waals surface area contributed by atoms with Gasteiger partial charge in [0.1, 0.15) is 6.10 Å². The van der Waals surface area contributed by atoms with Crippen molar-refractivity contribution in [1.29, 1.82) is 5.26 Å².